The molecule has 0 bridgehead atoms. The van der Waals surface area contributed by atoms with Crippen LogP contribution in [0.5, 0.6) is 5.75 Å². The molecule has 0 heterocycles. The Hall–Kier alpha value is -1.22. The van der Waals surface area contributed by atoms with Crippen molar-refractivity contribution in [3.8, 4) is 5.75 Å². The van der Waals surface area contributed by atoms with Crippen LogP contribution < -0.4 is 10.2 Å². The summed E-state index contributed by atoms with van der Waals surface area (Å²) in [5.74, 6) is 0.808. The summed E-state index contributed by atoms with van der Waals surface area (Å²) in [5, 5.41) is 0. The van der Waals surface area contributed by atoms with Crippen molar-refractivity contribution in [2.75, 3.05) is 13.9 Å². The molecule has 0 N–H and O–H groups in total. The van der Waals surface area contributed by atoms with Crippen LogP contribution in [-0.2, 0) is 4.74 Å². The third kappa shape index (κ3) is 2.63. The quantitative estimate of drug-likeness (QED) is 0.493. The average Bonchev–Trinajstić information content (AvgIpc) is 2.16. The summed E-state index contributed by atoms with van der Waals surface area (Å²) in [6.45, 7) is 4.00. The van der Waals surface area contributed by atoms with Crippen molar-refractivity contribution in [2.24, 2.45) is 0 Å². The zero-order chi connectivity index (χ0) is 9.68. The summed E-state index contributed by atoms with van der Waals surface area (Å²) >= 11 is 0. The van der Waals surface area contributed by atoms with E-state index in [4.69, 9.17) is 9.47 Å². The minimum absolute atomic E-state index is 0.277. The van der Waals surface area contributed by atoms with E-state index in [0.29, 0.717) is 0 Å². The van der Waals surface area contributed by atoms with Crippen molar-refractivity contribution < 1.29 is 9.47 Å². The van der Waals surface area contributed by atoms with Gasteiger partial charge in [-0.3, -0.25) is 0 Å². The highest BCUT2D eigenvalue weighted by molar-refractivity contribution is 6.34. The first kappa shape index (κ1) is 9.87. The topological polar surface area (TPSA) is 18.5 Å². The predicted octanol–water partition coefficient (Wildman–Crippen LogP) is 0.571. The van der Waals surface area contributed by atoms with Gasteiger partial charge in [-0.25, -0.2) is 0 Å². The maximum Gasteiger partial charge on any atom is 0.188 e. The summed E-state index contributed by atoms with van der Waals surface area (Å²) in [5.41, 5.74) is 2.29. The molecule has 0 radical (unpaired) electrons. The lowest BCUT2D eigenvalue weighted by atomic mass is 9.90. The van der Waals surface area contributed by atoms with Crippen LogP contribution in [0.2, 0.25) is 0 Å². The summed E-state index contributed by atoms with van der Waals surface area (Å²) in [7, 11) is 3.64. The Bertz CT molecular complexity index is 297. The van der Waals surface area contributed by atoms with Gasteiger partial charge >= 0.3 is 0 Å². The highest BCUT2D eigenvalue weighted by Crippen LogP contribution is 2.11. The number of hydrogen-bond donors (Lipinski definition) is 0. The second-order valence-electron chi connectivity index (χ2n) is 2.77. The van der Waals surface area contributed by atoms with E-state index in [9.17, 15) is 0 Å². The normalized spacial score (nSPS) is 9.62. The molecule has 1 rings (SSSR count). The van der Waals surface area contributed by atoms with Crippen LogP contribution >= 0.6 is 0 Å². The Kier molecular flexibility index (Phi) is 3.59. The number of rotatable bonds is 4. The van der Waals surface area contributed by atoms with E-state index in [-0.39, 0.29) is 6.79 Å². The minimum Gasteiger partial charge on any atom is -0.468 e. The van der Waals surface area contributed by atoms with Gasteiger partial charge in [0.05, 0.1) is 0 Å². The van der Waals surface area contributed by atoms with Crippen molar-refractivity contribution >= 4 is 19.4 Å². The molecule has 0 unspecified atom stereocenters. The van der Waals surface area contributed by atoms with Gasteiger partial charge in [-0.05, 0) is 17.7 Å². The first-order valence-corrected chi connectivity index (χ1v) is 4.12. The molecule has 1 aromatic rings. The van der Waals surface area contributed by atoms with E-state index < -0.39 is 0 Å². The molecule has 0 fully saturated rings. The van der Waals surface area contributed by atoms with Crippen LogP contribution in [0.3, 0.4) is 0 Å². The Morgan fingerprint density at radius 1 is 1.54 bits per heavy atom. The lowest BCUT2D eigenvalue weighted by Gasteiger charge is -2.06. The molecule has 0 aliphatic carbocycles. The minimum atomic E-state index is 0.277. The van der Waals surface area contributed by atoms with Gasteiger partial charge in [0, 0.05) is 7.11 Å². The van der Waals surface area contributed by atoms with Crippen molar-refractivity contribution in [2.45, 2.75) is 0 Å². The standard InChI is InChI=1S/C10H13BO2/c1-3-8-6-9(13-7-12-2)4-5-10(8)11/h3-6H,1,7,11H2,2H3. The van der Waals surface area contributed by atoms with Crippen LogP contribution in [-0.4, -0.2) is 21.7 Å². The molecule has 2 nitrogen and oxygen atoms in total. The zero-order valence-corrected chi connectivity index (χ0v) is 8.04. The largest absolute Gasteiger partial charge is 0.468 e. The van der Waals surface area contributed by atoms with Gasteiger partial charge in [-0.2, -0.15) is 0 Å². The molecular formula is C10H13BO2. The first-order chi connectivity index (χ1) is 6.27. The molecule has 0 atom stereocenters. The third-order valence-electron chi connectivity index (χ3n) is 1.81. The van der Waals surface area contributed by atoms with Gasteiger partial charge in [-0.1, -0.05) is 24.2 Å². The summed E-state index contributed by atoms with van der Waals surface area (Å²) in [4.78, 5) is 0. The van der Waals surface area contributed by atoms with Crippen LogP contribution in [0.1, 0.15) is 5.56 Å². The molecule has 0 amide bonds. The zero-order valence-electron chi connectivity index (χ0n) is 8.04. The Morgan fingerprint density at radius 3 is 2.92 bits per heavy atom. The van der Waals surface area contributed by atoms with Crippen LogP contribution in [0, 0.1) is 0 Å². The summed E-state index contributed by atoms with van der Waals surface area (Å²) < 4.78 is 10.1. The monoisotopic (exact) mass is 176 g/mol. The first-order valence-electron chi connectivity index (χ1n) is 4.12. The number of ether oxygens (including phenoxy) is 2. The van der Waals surface area contributed by atoms with Crippen molar-refractivity contribution in [3.63, 3.8) is 0 Å². The maximum atomic E-state index is 5.28. The molecule has 0 aliphatic rings. The second-order valence-corrected chi connectivity index (χ2v) is 2.77. The second kappa shape index (κ2) is 4.72. The van der Waals surface area contributed by atoms with E-state index in [1.807, 2.05) is 32.1 Å². The molecule has 0 aromatic heterocycles. The smallest absolute Gasteiger partial charge is 0.188 e. The Balaban J connectivity index is 2.80. The van der Waals surface area contributed by atoms with Crippen LogP contribution in [0.4, 0.5) is 0 Å². The van der Waals surface area contributed by atoms with Gasteiger partial charge in [0.15, 0.2) is 6.79 Å². The Morgan fingerprint density at radius 2 is 2.31 bits per heavy atom. The van der Waals surface area contributed by atoms with Gasteiger partial charge < -0.3 is 9.47 Å². The van der Waals surface area contributed by atoms with Crippen molar-refractivity contribution in [3.05, 3.63) is 30.3 Å². The molecule has 0 aliphatic heterocycles. The molecule has 13 heavy (non-hydrogen) atoms. The van der Waals surface area contributed by atoms with Gasteiger partial charge in [0.1, 0.15) is 13.6 Å². The Labute approximate surface area is 79.6 Å². The number of hydrogen-bond acceptors (Lipinski definition) is 2. The van der Waals surface area contributed by atoms with E-state index >= 15 is 0 Å². The molecule has 0 saturated heterocycles. The molecule has 1 aromatic carbocycles. The molecule has 0 spiro atoms. The van der Waals surface area contributed by atoms with Crippen molar-refractivity contribution in [1.82, 2.24) is 0 Å². The fraction of sp³-hybridized carbons (Fsp3) is 0.200. The van der Waals surface area contributed by atoms with Crippen LogP contribution in [0.25, 0.3) is 6.08 Å². The third-order valence-corrected chi connectivity index (χ3v) is 1.81. The van der Waals surface area contributed by atoms with Gasteiger partial charge in [-0.15, -0.1) is 0 Å². The highest BCUT2D eigenvalue weighted by atomic mass is 16.7. The summed E-state index contributed by atoms with van der Waals surface area (Å²) in [6, 6.07) is 5.87. The SMILES string of the molecule is Bc1ccc(OCOC)cc1C=C. The molecule has 3 heteroatoms. The lowest BCUT2D eigenvalue weighted by Crippen LogP contribution is -2.07. The number of methoxy groups -OCH3 is 1. The average molecular weight is 176 g/mol. The van der Waals surface area contributed by atoms with E-state index in [2.05, 4.69) is 6.58 Å². The van der Waals surface area contributed by atoms with Gasteiger partial charge in [0.25, 0.3) is 0 Å². The highest BCUT2D eigenvalue weighted by Gasteiger charge is 1.97. The lowest BCUT2D eigenvalue weighted by molar-refractivity contribution is 0.0511. The maximum absolute atomic E-state index is 5.28. The van der Waals surface area contributed by atoms with Gasteiger partial charge in [0.2, 0.25) is 0 Å². The fourth-order valence-electron chi connectivity index (χ4n) is 1.06. The van der Waals surface area contributed by atoms with E-state index in [0.717, 1.165) is 11.3 Å². The molecule has 68 valence electrons. The van der Waals surface area contributed by atoms with Crippen LogP contribution in [0.15, 0.2) is 24.8 Å². The van der Waals surface area contributed by atoms with Crippen molar-refractivity contribution in [1.29, 1.82) is 0 Å². The van der Waals surface area contributed by atoms with E-state index in [1.54, 1.807) is 7.11 Å². The summed E-state index contributed by atoms with van der Waals surface area (Å²) in [6.07, 6.45) is 1.81. The predicted molar refractivity (Wildman–Crippen MR) is 57.2 cm³/mol. The molecule has 0 saturated carbocycles. The number of benzene rings is 1. The van der Waals surface area contributed by atoms with E-state index in [1.165, 1.54) is 5.46 Å². The molecular weight excluding hydrogens is 163 g/mol. The fourth-order valence-corrected chi connectivity index (χ4v) is 1.06.